The van der Waals surface area contributed by atoms with Crippen LogP contribution in [-0.2, 0) is 0 Å². The highest BCUT2D eigenvalue weighted by molar-refractivity contribution is 7.08. The molecule has 0 atom stereocenters. The molecular formula is C15H9ClN2O4S. The molecule has 0 fully saturated rings. The van der Waals surface area contributed by atoms with Gasteiger partial charge in [0.25, 0.3) is 5.91 Å². The SMILES string of the molecule is O=C(Nc1onc(-c2ccsc2)c1C(=O)O)c1ccccc1Cl. The Morgan fingerprint density at radius 2 is 2.04 bits per heavy atom. The highest BCUT2D eigenvalue weighted by Gasteiger charge is 2.26. The maximum absolute atomic E-state index is 12.2. The molecule has 0 aliphatic heterocycles. The summed E-state index contributed by atoms with van der Waals surface area (Å²) in [5, 5.41) is 19.3. The third-order valence-corrected chi connectivity index (χ3v) is 4.06. The average Bonchev–Trinajstić information content (AvgIpc) is 3.16. The normalized spacial score (nSPS) is 10.5. The molecule has 3 rings (SSSR count). The summed E-state index contributed by atoms with van der Waals surface area (Å²) >= 11 is 7.35. The second-order valence-electron chi connectivity index (χ2n) is 4.49. The maximum Gasteiger partial charge on any atom is 0.343 e. The molecule has 2 aromatic heterocycles. The predicted molar refractivity (Wildman–Crippen MR) is 86.2 cm³/mol. The number of aromatic nitrogens is 1. The molecule has 0 aliphatic carbocycles. The van der Waals surface area contributed by atoms with Gasteiger partial charge in [0.1, 0.15) is 5.69 Å². The van der Waals surface area contributed by atoms with Crippen LogP contribution in [0.2, 0.25) is 5.02 Å². The van der Waals surface area contributed by atoms with Gasteiger partial charge in [0.05, 0.1) is 10.6 Å². The standard InChI is InChI=1S/C15H9ClN2O4S/c16-10-4-2-1-3-9(10)13(19)17-14-11(15(20)21)12(18-22-14)8-5-6-23-7-8/h1-7H,(H,17,19)(H,20,21). The minimum Gasteiger partial charge on any atom is -0.477 e. The number of hydrogen-bond donors (Lipinski definition) is 2. The molecule has 0 bridgehead atoms. The molecule has 23 heavy (non-hydrogen) atoms. The van der Waals surface area contributed by atoms with Gasteiger partial charge in [-0.05, 0) is 23.6 Å². The molecule has 0 saturated heterocycles. The van der Waals surface area contributed by atoms with Crippen LogP contribution in [0, 0.1) is 0 Å². The molecule has 0 saturated carbocycles. The van der Waals surface area contributed by atoms with E-state index in [1.54, 1.807) is 35.0 Å². The number of nitrogens with one attached hydrogen (secondary N) is 1. The van der Waals surface area contributed by atoms with Crippen LogP contribution in [0.3, 0.4) is 0 Å². The largest absolute Gasteiger partial charge is 0.477 e. The van der Waals surface area contributed by atoms with Crippen molar-refractivity contribution in [1.82, 2.24) is 5.16 Å². The van der Waals surface area contributed by atoms with Crippen LogP contribution in [0.25, 0.3) is 11.3 Å². The summed E-state index contributed by atoms with van der Waals surface area (Å²) < 4.78 is 5.01. The highest BCUT2D eigenvalue weighted by atomic mass is 35.5. The van der Waals surface area contributed by atoms with E-state index < -0.39 is 11.9 Å². The molecule has 116 valence electrons. The number of amides is 1. The van der Waals surface area contributed by atoms with Gasteiger partial charge in [0, 0.05) is 10.9 Å². The number of carboxylic acid groups (broad SMARTS) is 1. The van der Waals surface area contributed by atoms with Crippen molar-refractivity contribution in [2.45, 2.75) is 0 Å². The van der Waals surface area contributed by atoms with Crippen LogP contribution < -0.4 is 5.32 Å². The Balaban J connectivity index is 1.97. The van der Waals surface area contributed by atoms with Gasteiger partial charge in [0.2, 0.25) is 5.88 Å². The van der Waals surface area contributed by atoms with Gasteiger partial charge >= 0.3 is 5.97 Å². The first-order chi connectivity index (χ1) is 11.1. The van der Waals surface area contributed by atoms with Crippen LogP contribution in [0.5, 0.6) is 0 Å². The smallest absolute Gasteiger partial charge is 0.343 e. The number of nitrogens with zero attached hydrogens (tertiary/aromatic N) is 1. The van der Waals surface area contributed by atoms with Crippen molar-refractivity contribution in [3.8, 4) is 11.3 Å². The van der Waals surface area contributed by atoms with Crippen molar-refractivity contribution in [2.75, 3.05) is 5.32 Å². The van der Waals surface area contributed by atoms with E-state index in [-0.39, 0.29) is 27.7 Å². The number of benzene rings is 1. The molecule has 1 aromatic carbocycles. The fourth-order valence-corrected chi connectivity index (χ4v) is 2.85. The summed E-state index contributed by atoms with van der Waals surface area (Å²) in [6, 6.07) is 8.13. The van der Waals surface area contributed by atoms with Gasteiger partial charge in [0.15, 0.2) is 5.56 Å². The van der Waals surface area contributed by atoms with Crippen molar-refractivity contribution in [3.05, 3.63) is 57.2 Å². The quantitative estimate of drug-likeness (QED) is 0.743. The van der Waals surface area contributed by atoms with Crippen molar-refractivity contribution in [2.24, 2.45) is 0 Å². The lowest BCUT2D eigenvalue weighted by atomic mass is 10.1. The number of halogens is 1. The zero-order valence-corrected chi connectivity index (χ0v) is 13.0. The molecule has 0 unspecified atom stereocenters. The Morgan fingerprint density at radius 1 is 1.26 bits per heavy atom. The van der Waals surface area contributed by atoms with E-state index in [4.69, 9.17) is 16.1 Å². The Labute approximate surface area is 139 Å². The molecule has 8 heteroatoms. The van der Waals surface area contributed by atoms with E-state index in [0.717, 1.165) is 0 Å². The number of hydrogen-bond acceptors (Lipinski definition) is 5. The van der Waals surface area contributed by atoms with Gasteiger partial charge in [-0.1, -0.05) is 28.9 Å². The summed E-state index contributed by atoms with van der Waals surface area (Å²) in [5.74, 6) is -2.06. The van der Waals surface area contributed by atoms with Gasteiger partial charge in [-0.2, -0.15) is 11.3 Å². The van der Waals surface area contributed by atoms with E-state index >= 15 is 0 Å². The molecule has 1 amide bonds. The lowest BCUT2D eigenvalue weighted by Crippen LogP contribution is -2.14. The number of carbonyl (C=O) groups is 2. The molecular weight excluding hydrogens is 340 g/mol. The Bertz CT molecular complexity index is 873. The fourth-order valence-electron chi connectivity index (χ4n) is 1.99. The lowest BCUT2D eigenvalue weighted by Gasteiger charge is -2.04. The van der Waals surface area contributed by atoms with E-state index in [9.17, 15) is 14.7 Å². The topological polar surface area (TPSA) is 92.4 Å². The van der Waals surface area contributed by atoms with Gasteiger partial charge in [-0.25, -0.2) is 4.79 Å². The summed E-state index contributed by atoms with van der Waals surface area (Å²) in [7, 11) is 0. The second-order valence-corrected chi connectivity index (χ2v) is 5.67. The number of aromatic carboxylic acids is 1. The summed E-state index contributed by atoms with van der Waals surface area (Å²) in [5.41, 5.74) is 0.769. The Morgan fingerprint density at radius 3 is 2.70 bits per heavy atom. The lowest BCUT2D eigenvalue weighted by molar-refractivity contribution is 0.0698. The molecule has 0 radical (unpaired) electrons. The van der Waals surface area contributed by atoms with E-state index in [2.05, 4.69) is 10.5 Å². The molecule has 3 aromatic rings. The van der Waals surface area contributed by atoms with Crippen molar-refractivity contribution >= 4 is 40.7 Å². The maximum atomic E-state index is 12.2. The first kappa shape index (κ1) is 15.3. The third-order valence-electron chi connectivity index (χ3n) is 3.05. The van der Waals surface area contributed by atoms with Gasteiger partial charge < -0.3 is 9.63 Å². The second kappa shape index (κ2) is 6.23. The van der Waals surface area contributed by atoms with E-state index in [0.29, 0.717) is 5.56 Å². The highest BCUT2D eigenvalue weighted by Crippen LogP contribution is 2.30. The first-order valence-electron chi connectivity index (χ1n) is 6.39. The van der Waals surface area contributed by atoms with Crippen LogP contribution in [0.15, 0.2) is 45.6 Å². The molecule has 2 N–H and O–H groups in total. The fraction of sp³-hybridized carbons (Fsp3) is 0. The summed E-state index contributed by atoms with van der Waals surface area (Å²) in [4.78, 5) is 23.7. The zero-order valence-electron chi connectivity index (χ0n) is 11.4. The van der Waals surface area contributed by atoms with Crippen LogP contribution in [-0.4, -0.2) is 22.1 Å². The van der Waals surface area contributed by atoms with Crippen molar-refractivity contribution in [3.63, 3.8) is 0 Å². The monoisotopic (exact) mass is 348 g/mol. The molecule has 2 heterocycles. The summed E-state index contributed by atoms with van der Waals surface area (Å²) in [6.07, 6.45) is 0. The first-order valence-corrected chi connectivity index (χ1v) is 7.71. The minimum absolute atomic E-state index is 0.160. The molecule has 6 nitrogen and oxygen atoms in total. The van der Waals surface area contributed by atoms with Crippen LogP contribution in [0.4, 0.5) is 5.88 Å². The Kier molecular flexibility index (Phi) is 4.14. The molecule has 0 spiro atoms. The van der Waals surface area contributed by atoms with Crippen LogP contribution >= 0.6 is 22.9 Å². The Hall–Kier alpha value is -2.64. The van der Waals surface area contributed by atoms with Gasteiger partial charge in [-0.3, -0.25) is 10.1 Å². The van der Waals surface area contributed by atoms with E-state index in [1.807, 2.05) is 0 Å². The van der Waals surface area contributed by atoms with Crippen LogP contribution in [0.1, 0.15) is 20.7 Å². The number of carboxylic acids is 1. The predicted octanol–water partition coefficient (Wildman–Crippen LogP) is 4.01. The zero-order chi connectivity index (χ0) is 16.4. The molecule has 0 aliphatic rings. The number of carbonyl (C=O) groups excluding carboxylic acids is 1. The summed E-state index contributed by atoms with van der Waals surface area (Å²) in [6.45, 7) is 0. The number of rotatable bonds is 4. The average molecular weight is 349 g/mol. The van der Waals surface area contributed by atoms with Crippen molar-refractivity contribution in [1.29, 1.82) is 0 Å². The van der Waals surface area contributed by atoms with E-state index in [1.165, 1.54) is 17.4 Å². The van der Waals surface area contributed by atoms with Gasteiger partial charge in [-0.15, -0.1) is 0 Å². The number of anilines is 1. The third kappa shape index (κ3) is 2.96. The van der Waals surface area contributed by atoms with Crippen molar-refractivity contribution < 1.29 is 19.2 Å². The minimum atomic E-state index is -1.25. The number of thiophene rings is 1.